The van der Waals surface area contributed by atoms with Crippen LogP contribution in [0.5, 0.6) is 0 Å². The van der Waals surface area contributed by atoms with Gasteiger partial charge in [-0.3, -0.25) is 14.5 Å². The molecule has 0 spiro atoms. The van der Waals surface area contributed by atoms with E-state index >= 15 is 0 Å². The van der Waals surface area contributed by atoms with Crippen LogP contribution in [-0.2, 0) is 9.53 Å². The van der Waals surface area contributed by atoms with E-state index in [4.69, 9.17) is 4.74 Å². The van der Waals surface area contributed by atoms with E-state index in [0.717, 1.165) is 56.9 Å². The molecule has 0 unspecified atom stereocenters. The molecule has 11 heteroatoms. The molecule has 28 heavy (non-hydrogen) atoms. The molecular weight excluding hydrogens is 425 g/mol. The van der Waals surface area contributed by atoms with Gasteiger partial charge < -0.3 is 15.4 Å². The molecule has 1 amide bonds. The van der Waals surface area contributed by atoms with Crippen LogP contribution in [0.4, 0.5) is 0 Å². The summed E-state index contributed by atoms with van der Waals surface area (Å²) >= 11 is 1.42. The third kappa shape index (κ3) is 7.11. The number of nitrogens with zero attached hydrogens (tertiary/aromatic N) is 3. The number of rotatable bonds is 6. The quantitative estimate of drug-likeness (QED) is 0.629. The maximum absolute atomic E-state index is 12.3. The lowest BCUT2D eigenvalue weighted by atomic mass is 9.97. The van der Waals surface area contributed by atoms with E-state index < -0.39 is 0 Å². The fourth-order valence-electron chi connectivity index (χ4n) is 3.47. The molecule has 0 aromatic carbocycles. The Kier molecular flexibility index (Phi) is 11.2. The molecule has 2 saturated heterocycles. The normalized spacial score (nSPS) is 18.6. The first-order valence-corrected chi connectivity index (χ1v) is 10.1. The minimum Gasteiger partial charge on any atom is -0.468 e. The zero-order chi connectivity index (χ0) is 18.4. The number of ether oxygens (including phenoxy) is 1. The van der Waals surface area contributed by atoms with Gasteiger partial charge in [0, 0.05) is 12.5 Å². The highest BCUT2D eigenvalue weighted by Crippen LogP contribution is 2.27. The van der Waals surface area contributed by atoms with Gasteiger partial charge in [0.25, 0.3) is 5.91 Å². The second-order valence-electron chi connectivity index (χ2n) is 6.98. The van der Waals surface area contributed by atoms with Crippen molar-refractivity contribution in [2.75, 3.05) is 46.4 Å². The van der Waals surface area contributed by atoms with Gasteiger partial charge >= 0.3 is 5.97 Å². The van der Waals surface area contributed by atoms with Gasteiger partial charge in [-0.15, -0.1) is 35.0 Å². The van der Waals surface area contributed by atoms with E-state index in [2.05, 4.69) is 25.7 Å². The fourth-order valence-corrected chi connectivity index (χ4v) is 4.40. The first-order valence-electron chi connectivity index (χ1n) is 9.27. The lowest BCUT2D eigenvalue weighted by molar-refractivity contribution is -0.142. The molecule has 2 N–H and O–H groups in total. The Morgan fingerprint density at radius 2 is 1.86 bits per heavy atom. The zero-order valence-electron chi connectivity index (χ0n) is 16.0. The minimum absolute atomic E-state index is 0. The van der Waals surface area contributed by atoms with Gasteiger partial charge in [-0.25, -0.2) is 0 Å². The molecule has 8 nitrogen and oxygen atoms in total. The predicted molar refractivity (Wildman–Crippen MR) is 113 cm³/mol. The van der Waals surface area contributed by atoms with E-state index in [-0.39, 0.29) is 36.7 Å². The summed E-state index contributed by atoms with van der Waals surface area (Å²) in [6, 6.07) is 0. The van der Waals surface area contributed by atoms with Crippen LogP contribution in [0.15, 0.2) is 0 Å². The molecule has 0 aliphatic carbocycles. The number of esters is 1. The van der Waals surface area contributed by atoms with Gasteiger partial charge in [0.2, 0.25) is 5.01 Å². The molecule has 1 aromatic rings. The van der Waals surface area contributed by atoms with E-state index in [1.54, 1.807) is 0 Å². The van der Waals surface area contributed by atoms with Crippen LogP contribution in [0.25, 0.3) is 0 Å². The summed E-state index contributed by atoms with van der Waals surface area (Å²) in [6.45, 7) is 4.70. The van der Waals surface area contributed by atoms with Gasteiger partial charge in [-0.05, 0) is 57.8 Å². The Morgan fingerprint density at radius 1 is 1.18 bits per heavy atom. The molecule has 0 radical (unpaired) electrons. The van der Waals surface area contributed by atoms with Crippen molar-refractivity contribution in [1.82, 2.24) is 25.7 Å². The topological polar surface area (TPSA) is 96.5 Å². The summed E-state index contributed by atoms with van der Waals surface area (Å²) in [5, 5.41) is 16.1. The van der Waals surface area contributed by atoms with E-state index in [1.165, 1.54) is 18.4 Å². The summed E-state index contributed by atoms with van der Waals surface area (Å²) < 4.78 is 4.70. The van der Waals surface area contributed by atoms with Gasteiger partial charge in [-0.1, -0.05) is 11.3 Å². The predicted octanol–water partition coefficient (Wildman–Crippen LogP) is 1.46. The summed E-state index contributed by atoms with van der Waals surface area (Å²) in [5.74, 6) is 0.538. The fraction of sp³-hybridized carbons (Fsp3) is 0.765. The van der Waals surface area contributed by atoms with Crippen molar-refractivity contribution in [1.29, 1.82) is 0 Å². The van der Waals surface area contributed by atoms with Gasteiger partial charge in [-0.2, -0.15) is 0 Å². The number of nitrogens with one attached hydrogen (secondary N) is 2. The largest absolute Gasteiger partial charge is 0.468 e. The molecular formula is C17H29Cl2N5O3S. The zero-order valence-corrected chi connectivity index (χ0v) is 18.5. The minimum atomic E-state index is -0.197. The summed E-state index contributed by atoms with van der Waals surface area (Å²) in [4.78, 5) is 25.8. The average Bonchev–Trinajstić information content (AvgIpc) is 3.18. The van der Waals surface area contributed by atoms with Crippen LogP contribution < -0.4 is 10.6 Å². The molecule has 3 heterocycles. The molecule has 0 atom stereocenters. The monoisotopic (exact) mass is 453 g/mol. The number of carbonyl (C=O) groups is 2. The summed E-state index contributed by atoms with van der Waals surface area (Å²) in [6.07, 6.45) is 4.04. The third-order valence-corrected chi connectivity index (χ3v) is 6.25. The Hall–Kier alpha value is -1.000. The Bertz CT molecular complexity index is 620. The maximum atomic E-state index is 12.3. The number of aromatic nitrogens is 2. The highest BCUT2D eigenvalue weighted by molar-refractivity contribution is 7.13. The Balaban J connectivity index is 0.00000196. The molecule has 2 aliphatic heterocycles. The average molecular weight is 454 g/mol. The van der Waals surface area contributed by atoms with Gasteiger partial charge in [0.05, 0.1) is 13.7 Å². The van der Waals surface area contributed by atoms with Crippen molar-refractivity contribution in [3.8, 4) is 0 Å². The number of amides is 1. The molecule has 0 bridgehead atoms. The lowest BCUT2D eigenvalue weighted by Gasteiger charge is -2.31. The second kappa shape index (κ2) is 12.5. The molecule has 2 aliphatic rings. The van der Waals surface area contributed by atoms with Crippen LogP contribution in [0.3, 0.4) is 0 Å². The van der Waals surface area contributed by atoms with Crippen LogP contribution in [0, 0.1) is 5.92 Å². The molecule has 1 aromatic heterocycles. The van der Waals surface area contributed by atoms with Crippen LogP contribution in [0.2, 0.25) is 0 Å². The molecule has 3 rings (SSSR count). The SMILES string of the molecule is COC(=O)CN1CCC(CNC(=O)c2nnc(C3CCNCC3)s2)CC1.Cl.Cl. The summed E-state index contributed by atoms with van der Waals surface area (Å²) in [5.41, 5.74) is 0. The van der Waals surface area contributed by atoms with Crippen molar-refractivity contribution in [2.45, 2.75) is 31.6 Å². The smallest absolute Gasteiger partial charge is 0.319 e. The third-order valence-electron chi connectivity index (χ3n) is 5.16. The van der Waals surface area contributed by atoms with Crippen molar-refractivity contribution in [3.05, 3.63) is 10.0 Å². The van der Waals surface area contributed by atoms with Gasteiger partial charge in [0.1, 0.15) is 5.01 Å². The summed E-state index contributed by atoms with van der Waals surface area (Å²) in [7, 11) is 1.41. The standard InChI is InChI=1S/C17H27N5O3S.2ClH/c1-25-14(23)11-22-8-4-12(5-9-22)10-19-15(24)17-21-20-16(26-17)13-2-6-18-7-3-13;;/h12-13,18H,2-11H2,1H3,(H,19,24);2*1H. The highest BCUT2D eigenvalue weighted by Gasteiger charge is 2.24. The van der Waals surface area contributed by atoms with Crippen molar-refractivity contribution >= 4 is 48.0 Å². The number of hydrogen-bond donors (Lipinski definition) is 2. The first-order chi connectivity index (χ1) is 12.7. The van der Waals surface area contributed by atoms with Crippen LogP contribution in [0.1, 0.15) is 46.4 Å². The number of methoxy groups -OCH3 is 1. The Morgan fingerprint density at radius 3 is 2.50 bits per heavy atom. The maximum Gasteiger partial charge on any atom is 0.319 e. The number of hydrogen-bond acceptors (Lipinski definition) is 8. The second-order valence-corrected chi connectivity index (χ2v) is 7.98. The van der Waals surface area contributed by atoms with Crippen LogP contribution in [-0.4, -0.2) is 73.4 Å². The molecule has 0 saturated carbocycles. The lowest BCUT2D eigenvalue weighted by Crippen LogP contribution is -2.41. The van der Waals surface area contributed by atoms with Gasteiger partial charge in [0.15, 0.2) is 0 Å². The van der Waals surface area contributed by atoms with E-state index in [1.807, 2.05) is 0 Å². The van der Waals surface area contributed by atoms with Crippen molar-refractivity contribution < 1.29 is 14.3 Å². The van der Waals surface area contributed by atoms with Crippen LogP contribution >= 0.6 is 36.2 Å². The number of carbonyl (C=O) groups excluding carboxylic acids is 2. The van der Waals surface area contributed by atoms with Crippen molar-refractivity contribution in [3.63, 3.8) is 0 Å². The number of halogens is 2. The van der Waals surface area contributed by atoms with Crippen molar-refractivity contribution in [2.24, 2.45) is 5.92 Å². The van der Waals surface area contributed by atoms with E-state index in [0.29, 0.717) is 29.9 Å². The first kappa shape index (κ1) is 25.0. The number of likely N-dealkylation sites (tertiary alicyclic amines) is 1. The highest BCUT2D eigenvalue weighted by atomic mass is 35.5. The molecule has 160 valence electrons. The van der Waals surface area contributed by atoms with E-state index in [9.17, 15) is 9.59 Å². The molecule has 2 fully saturated rings. The number of piperidine rings is 2. The Labute approximate surface area is 182 Å².